The number of aryl methyl sites for hydroxylation is 2. The van der Waals surface area contributed by atoms with Crippen LogP contribution in [0.4, 0.5) is 5.82 Å². The normalized spacial score (nSPS) is 14.6. The maximum absolute atomic E-state index is 12.9. The van der Waals surface area contributed by atoms with Gasteiger partial charge in [0, 0.05) is 32.6 Å². The standard InChI is InChI=1S/C18H20N6O/c1-12-8-9-16(20-19-12)24-10-13(11-24)22(2)18(25)17-14-6-4-5-7-15(14)23(3)21-17/h4-9,13H,10-11H2,1-3H3. The Hall–Kier alpha value is -2.96. The van der Waals surface area contributed by atoms with Gasteiger partial charge in [0.05, 0.1) is 17.3 Å². The van der Waals surface area contributed by atoms with Crippen molar-refractivity contribution in [2.24, 2.45) is 7.05 Å². The molecule has 1 aromatic carbocycles. The highest BCUT2D eigenvalue weighted by Crippen LogP contribution is 2.24. The first-order chi connectivity index (χ1) is 12.0. The van der Waals surface area contributed by atoms with Gasteiger partial charge < -0.3 is 9.80 Å². The zero-order valence-electron chi connectivity index (χ0n) is 14.5. The number of amides is 1. The minimum Gasteiger partial charge on any atom is -0.351 e. The molecule has 7 nitrogen and oxygen atoms in total. The largest absolute Gasteiger partial charge is 0.351 e. The molecule has 0 atom stereocenters. The number of hydrogen-bond acceptors (Lipinski definition) is 5. The van der Waals surface area contributed by atoms with Crippen molar-refractivity contribution in [2.75, 3.05) is 25.0 Å². The van der Waals surface area contributed by atoms with E-state index in [1.807, 2.05) is 57.4 Å². The van der Waals surface area contributed by atoms with Gasteiger partial charge in [0.1, 0.15) is 0 Å². The summed E-state index contributed by atoms with van der Waals surface area (Å²) in [4.78, 5) is 16.8. The third-order valence-corrected chi connectivity index (χ3v) is 4.80. The van der Waals surface area contributed by atoms with Crippen molar-refractivity contribution in [3.05, 3.63) is 47.8 Å². The highest BCUT2D eigenvalue weighted by atomic mass is 16.2. The average molecular weight is 336 g/mol. The fourth-order valence-corrected chi connectivity index (χ4v) is 3.15. The van der Waals surface area contributed by atoms with Crippen LogP contribution in [0.1, 0.15) is 16.2 Å². The van der Waals surface area contributed by atoms with Gasteiger partial charge in [0.25, 0.3) is 5.91 Å². The van der Waals surface area contributed by atoms with Crippen LogP contribution in [0.5, 0.6) is 0 Å². The number of benzene rings is 1. The van der Waals surface area contributed by atoms with E-state index in [4.69, 9.17) is 0 Å². The van der Waals surface area contributed by atoms with Gasteiger partial charge >= 0.3 is 0 Å². The van der Waals surface area contributed by atoms with Crippen molar-refractivity contribution >= 4 is 22.6 Å². The van der Waals surface area contributed by atoms with Crippen LogP contribution >= 0.6 is 0 Å². The highest BCUT2D eigenvalue weighted by Gasteiger charge is 2.35. The number of fused-ring (bicyclic) bond motifs is 1. The summed E-state index contributed by atoms with van der Waals surface area (Å²) < 4.78 is 1.76. The summed E-state index contributed by atoms with van der Waals surface area (Å²) >= 11 is 0. The van der Waals surface area contributed by atoms with Crippen molar-refractivity contribution in [1.29, 1.82) is 0 Å². The molecule has 1 aliphatic heterocycles. The number of likely N-dealkylation sites (N-methyl/N-ethyl adjacent to an activating group) is 1. The average Bonchev–Trinajstić information content (AvgIpc) is 2.92. The SMILES string of the molecule is Cc1ccc(N2CC(N(C)C(=O)c3nn(C)c4ccccc34)C2)nn1. The zero-order valence-corrected chi connectivity index (χ0v) is 14.5. The molecular formula is C18H20N6O. The molecule has 0 N–H and O–H groups in total. The topological polar surface area (TPSA) is 67.2 Å². The molecule has 0 unspecified atom stereocenters. The first-order valence-electron chi connectivity index (χ1n) is 8.29. The minimum atomic E-state index is -0.0450. The molecule has 1 saturated heterocycles. The van der Waals surface area contributed by atoms with Crippen molar-refractivity contribution < 1.29 is 4.79 Å². The molecule has 25 heavy (non-hydrogen) atoms. The molecule has 0 saturated carbocycles. The Morgan fingerprint density at radius 3 is 2.64 bits per heavy atom. The minimum absolute atomic E-state index is 0.0450. The van der Waals surface area contributed by atoms with Crippen LogP contribution in [-0.2, 0) is 7.05 Å². The van der Waals surface area contributed by atoms with Gasteiger partial charge in [-0.1, -0.05) is 18.2 Å². The lowest BCUT2D eigenvalue weighted by atomic mass is 10.1. The molecule has 7 heteroatoms. The predicted molar refractivity (Wildman–Crippen MR) is 95.6 cm³/mol. The summed E-state index contributed by atoms with van der Waals surface area (Å²) in [5.74, 6) is 0.808. The van der Waals surface area contributed by atoms with Crippen molar-refractivity contribution in [1.82, 2.24) is 24.9 Å². The van der Waals surface area contributed by atoms with E-state index in [0.29, 0.717) is 5.69 Å². The molecule has 0 aliphatic carbocycles. The molecule has 4 rings (SSSR count). The molecule has 128 valence electrons. The number of para-hydroxylation sites is 1. The number of nitrogens with zero attached hydrogens (tertiary/aromatic N) is 6. The molecule has 2 aromatic heterocycles. The summed E-state index contributed by atoms with van der Waals surface area (Å²) in [5.41, 5.74) is 2.37. The third-order valence-electron chi connectivity index (χ3n) is 4.80. The summed E-state index contributed by atoms with van der Waals surface area (Å²) in [6.45, 7) is 3.43. The Bertz CT molecular complexity index is 926. The summed E-state index contributed by atoms with van der Waals surface area (Å²) in [7, 11) is 3.70. The second-order valence-corrected chi connectivity index (χ2v) is 6.50. The lowest BCUT2D eigenvalue weighted by Crippen LogP contribution is -2.60. The second-order valence-electron chi connectivity index (χ2n) is 6.50. The molecule has 0 spiro atoms. The first-order valence-corrected chi connectivity index (χ1v) is 8.29. The van der Waals surface area contributed by atoms with Crippen LogP contribution in [0.3, 0.4) is 0 Å². The predicted octanol–water partition coefficient (Wildman–Crippen LogP) is 1.63. The Kier molecular flexibility index (Phi) is 3.63. The number of rotatable bonds is 3. The lowest BCUT2D eigenvalue weighted by Gasteiger charge is -2.44. The van der Waals surface area contributed by atoms with Gasteiger partial charge in [-0.15, -0.1) is 5.10 Å². The van der Waals surface area contributed by atoms with Gasteiger partial charge in [-0.05, 0) is 25.1 Å². The van der Waals surface area contributed by atoms with E-state index in [9.17, 15) is 4.79 Å². The third kappa shape index (κ3) is 2.61. The number of carbonyl (C=O) groups excluding carboxylic acids is 1. The highest BCUT2D eigenvalue weighted by molar-refractivity contribution is 6.04. The Morgan fingerprint density at radius 1 is 1.16 bits per heavy atom. The molecular weight excluding hydrogens is 316 g/mol. The van der Waals surface area contributed by atoms with E-state index in [0.717, 1.165) is 35.5 Å². The van der Waals surface area contributed by atoms with E-state index in [-0.39, 0.29) is 11.9 Å². The molecule has 1 amide bonds. The lowest BCUT2D eigenvalue weighted by molar-refractivity contribution is 0.0700. The van der Waals surface area contributed by atoms with Crippen LogP contribution in [0, 0.1) is 6.92 Å². The molecule has 1 aliphatic rings. The summed E-state index contributed by atoms with van der Waals surface area (Å²) in [5, 5.41) is 13.6. The van der Waals surface area contributed by atoms with Gasteiger partial charge in [-0.3, -0.25) is 9.48 Å². The Balaban J connectivity index is 1.49. The van der Waals surface area contributed by atoms with Gasteiger partial charge in [-0.2, -0.15) is 10.2 Å². The van der Waals surface area contributed by atoms with Crippen LogP contribution < -0.4 is 4.90 Å². The zero-order chi connectivity index (χ0) is 17.6. The van der Waals surface area contributed by atoms with E-state index >= 15 is 0 Å². The van der Waals surface area contributed by atoms with Crippen LogP contribution in [-0.4, -0.2) is 57.0 Å². The van der Waals surface area contributed by atoms with Crippen LogP contribution in [0.15, 0.2) is 36.4 Å². The summed E-state index contributed by atoms with van der Waals surface area (Å²) in [6, 6.07) is 11.9. The van der Waals surface area contributed by atoms with Crippen LogP contribution in [0.2, 0.25) is 0 Å². The number of aromatic nitrogens is 4. The second kappa shape index (κ2) is 5.84. The molecule has 0 bridgehead atoms. The molecule has 3 heterocycles. The van der Waals surface area contributed by atoms with Crippen molar-refractivity contribution in [2.45, 2.75) is 13.0 Å². The number of anilines is 1. The van der Waals surface area contributed by atoms with Crippen molar-refractivity contribution in [3.8, 4) is 0 Å². The van der Waals surface area contributed by atoms with E-state index in [1.165, 1.54) is 0 Å². The fraction of sp³-hybridized carbons (Fsp3) is 0.333. The number of carbonyl (C=O) groups is 1. The van der Waals surface area contributed by atoms with Gasteiger partial charge in [0.2, 0.25) is 0 Å². The van der Waals surface area contributed by atoms with E-state index in [2.05, 4.69) is 20.2 Å². The quantitative estimate of drug-likeness (QED) is 0.727. The smallest absolute Gasteiger partial charge is 0.275 e. The molecule has 3 aromatic rings. The molecule has 0 radical (unpaired) electrons. The molecule has 1 fully saturated rings. The number of hydrogen-bond donors (Lipinski definition) is 0. The summed E-state index contributed by atoms with van der Waals surface area (Å²) in [6.07, 6.45) is 0. The fourth-order valence-electron chi connectivity index (χ4n) is 3.15. The monoisotopic (exact) mass is 336 g/mol. The van der Waals surface area contributed by atoms with E-state index < -0.39 is 0 Å². The maximum atomic E-state index is 12.9. The van der Waals surface area contributed by atoms with Crippen LogP contribution in [0.25, 0.3) is 10.9 Å². The Morgan fingerprint density at radius 2 is 1.92 bits per heavy atom. The first kappa shape index (κ1) is 15.6. The van der Waals surface area contributed by atoms with Crippen molar-refractivity contribution in [3.63, 3.8) is 0 Å². The Labute approximate surface area is 145 Å². The van der Waals surface area contributed by atoms with Gasteiger partial charge in [0.15, 0.2) is 11.5 Å². The maximum Gasteiger partial charge on any atom is 0.275 e. The van der Waals surface area contributed by atoms with E-state index in [1.54, 1.807) is 9.58 Å². The van der Waals surface area contributed by atoms with Gasteiger partial charge in [-0.25, -0.2) is 0 Å².